The highest BCUT2D eigenvalue weighted by molar-refractivity contribution is 5.70. The molecule has 1 atom stereocenters. The molecule has 0 heterocycles. The molecule has 0 rings (SSSR count). The van der Waals surface area contributed by atoms with E-state index in [0.29, 0.717) is 12.8 Å². The number of aliphatic hydroxyl groups excluding tert-OH is 1. The molecule has 1 N–H and O–H groups in total. The van der Waals surface area contributed by atoms with Gasteiger partial charge in [0.2, 0.25) is 0 Å². The molecule has 0 aliphatic carbocycles. The van der Waals surface area contributed by atoms with Crippen molar-refractivity contribution >= 4 is 11.9 Å². The first kappa shape index (κ1) is 48.1. The summed E-state index contributed by atoms with van der Waals surface area (Å²) < 4.78 is 10.6. The molecule has 0 unspecified atom stereocenters. The highest BCUT2D eigenvalue weighted by atomic mass is 16.6. The first-order valence-electron chi connectivity index (χ1n) is 21.5. The summed E-state index contributed by atoms with van der Waals surface area (Å²) in [5.74, 6) is -0.597. The second-order valence-electron chi connectivity index (χ2n) is 14.4. The predicted molar refractivity (Wildman–Crippen MR) is 214 cm³/mol. The summed E-state index contributed by atoms with van der Waals surface area (Å²) in [5, 5.41) is 9.57. The van der Waals surface area contributed by atoms with Crippen molar-refractivity contribution in [1.82, 2.24) is 0 Å². The lowest BCUT2D eigenvalue weighted by atomic mass is 10.1. The number of esters is 2. The van der Waals surface area contributed by atoms with E-state index in [1.807, 2.05) is 0 Å². The average molecular weight is 703 g/mol. The van der Waals surface area contributed by atoms with Gasteiger partial charge in [-0.3, -0.25) is 9.59 Å². The van der Waals surface area contributed by atoms with E-state index >= 15 is 0 Å². The Labute approximate surface area is 310 Å². The van der Waals surface area contributed by atoms with Crippen LogP contribution in [-0.4, -0.2) is 36.4 Å². The van der Waals surface area contributed by atoms with Crippen molar-refractivity contribution in [1.29, 1.82) is 0 Å². The smallest absolute Gasteiger partial charge is 0.306 e. The zero-order chi connectivity index (χ0) is 36.4. The number of rotatable bonds is 39. The third kappa shape index (κ3) is 38.9. The summed E-state index contributed by atoms with van der Waals surface area (Å²) in [5.41, 5.74) is 0. The van der Waals surface area contributed by atoms with Gasteiger partial charge in [0.15, 0.2) is 6.10 Å². The van der Waals surface area contributed by atoms with Gasteiger partial charge in [-0.25, -0.2) is 0 Å². The van der Waals surface area contributed by atoms with Gasteiger partial charge in [-0.15, -0.1) is 0 Å². The predicted octanol–water partition coefficient (Wildman–Crippen LogP) is 13.6. The van der Waals surface area contributed by atoms with Crippen LogP contribution in [0.2, 0.25) is 0 Å². The molecule has 0 fully saturated rings. The fourth-order valence-corrected chi connectivity index (χ4v) is 6.11. The topological polar surface area (TPSA) is 72.8 Å². The molecule has 0 aromatic carbocycles. The fourth-order valence-electron chi connectivity index (χ4n) is 6.11. The number of carbonyl (C=O) groups is 2. The lowest BCUT2D eigenvalue weighted by Crippen LogP contribution is -2.28. The van der Waals surface area contributed by atoms with Crippen molar-refractivity contribution in [2.75, 3.05) is 13.2 Å². The Balaban J connectivity index is 3.54. The first-order chi connectivity index (χ1) is 24.6. The molecule has 0 spiro atoms. The third-order valence-corrected chi connectivity index (χ3v) is 9.41. The first-order valence-corrected chi connectivity index (χ1v) is 21.5. The van der Waals surface area contributed by atoms with Crippen LogP contribution in [-0.2, 0) is 19.1 Å². The Hall–Kier alpha value is -1.88. The van der Waals surface area contributed by atoms with E-state index in [4.69, 9.17) is 9.47 Å². The van der Waals surface area contributed by atoms with Gasteiger partial charge in [0.05, 0.1) is 6.61 Å². The number of hydrogen-bond donors (Lipinski definition) is 1. The molecule has 0 radical (unpaired) electrons. The molecule has 292 valence electrons. The van der Waals surface area contributed by atoms with Crippen LogP contribution >= 0.6 is 0 Å². The highest BCUT2D eigenvalue weighted by Crippen LogP contribution is 2.14. The summed E-state index contributed by atoms with van der Waals surface area (Å²) in [6.45, 7) is 4.11. The summed E-state index contributed by atoms with van der Waals surface area (Å²) in [4.78, 5) is 24.3. The minimum absolute atomic E-state index is 0.0685. The number of carbonyl (C=O) groups excluding carboxylic acids is 2. The van der Waals surface area contributed by atoms with Gasteiger partial charge in [0, 0.05) is 12.8 Å². The maximum atomic E-state index is 12.2. The lowest BCUT2D eigenvalue weighted by molar-refractivity contribution is -0.161. The van der Waals surface area contributed by atoms with Crippen molar-refractivity contribution in [3.05, 3.63) is 36.5 Å². The van der Waals surface area contributed by atoms with E-state index in [1.54, 1.807) is 0 Å². The van der Waals surface area contributed by atoms with Crippen molar-refractivity contribution in [3.8, 4) is 0 Å². The van der Waals surface area contributed by atoms with Gasteiger partial charge in [-0.1, -0.05) is 172 Å². The molecular formula is C45H82O5. The SMILES string of the molecule is CCCCC/C=C/C/C=C/CCCCCCCCCC(=O)O[C@@H](CO)COC(=O)CCCCCCCCCCC/C=C/CCCCCCCC. The molecule has 5 heteroatoms. The lowest BCUT2D eigenvalue weighted by Gasteiger charge is -2.15. The molecule has 0 bridgehead atoms. The maximum absolute atomic E-state index is 12.2. The van der Waals surface area contributed by atoms with E-state index in [-0.39, 0.29) is 25.2 Å². The number of allylic oxidation sites excluding steroid dienone is 6. The quantitative estimate of drug-likeness (QED) is 0.0392. The van der Waals surface area contributed by atoms with Crippen LogP contribution in [0.5, 0.6) is 0 Å². The number of ether oxygens (including phenoxy) is 2. The van der Waals surface area contributed by atoms with Crippen LogP contribution in [0.4, 0.5) is 0 Å². The minimum atomic E-state index is -0.775. The molecule has 50 heavy (non-hydrogen) atoms. The van der Waals surface area contributed by atoms with Crippen LogP contribution in [0.1, 0.15) is 219 Å². The van der Waals surface area contributed by atoms with Gasteiger partial charge in [-0.05, 0) is 70.6 Å². The van der Waals surface area contributed by atoms with Gasteiger partial charge in [-0.2, -0.15) is 0 Å². The average Bonchev–Trinajstić information content (AvgIpc) is 3.12. The second kappa shape index (κ2) is 41.5. The third-order valence-electron chi connectivity index (χ3n) is 9.41. The molecule has 0 saturated heterocycles. The monoisotopic (exact) mass is 703 g/mol. The van der Waals surface area contributed by atoms with E-state index in [1.165, 1.54) is 141 Å². The van der Waals surface area contributed by atoms with Gasteiger partial charge >= 0.3 is 11.9 Å². The van der Waals surface area contributed by atoms with Crippen LogP contribution in [0.15, 0.2) is 36.5 Å². The van der Waals surface area contributed by atoms with Gasteiger partial charge in [0.1, 0.15) is 6.61 Å². The maximum Gasteiger partial charge on any atom is 0.306 e. The van der Waals surface area contributed by atoms with Crippen LogP contribution in [0.3, 0.4) is 0 Å². The number of hydrogen-bond acceptors (Lipinski definition) is 5. The van der Waals surface area contributed by atoms with Crippen LogP contribution < -0.4 is 0 Å². The van der Waals surface area contributed by atoms with Gasteiger partial charge in [0.25, 0.3) is 0 Å². The van der Waals surface area contributed by atoms with E-state index in [2.05, 4.69) is 50.3 Å². The Morgan fingerprint density at radius 2 is 0.800 bits per heavy atom. The van der Waals surface area contributed by atoms with E-state index < -0.39 is 6.10 Å². The Bertz CT molecular complexity index is 801. The summed E-state index contributed by atoms with van der Waals surface area (Å²) in [6, 6.07) is 0. The Kier molecular flexibility index (Phi) is 40.0. The van der Waals surface area contributed by atoms with E-state index in [0.717, 1.165) is 51.4 Å². The van der Waals surface area contributed by atoms with Crippen LogP contribution in [0, 0.1) is 0 Å². The zero-order valence-electron chi connectivity index (χ0n) is 33.2. The molecule has 0 amide bonds. The standard InChI is InChI=1S/C45H82O5/c1-3-5-7-9-11-13-15-17-19-21-22-24-25-27-29-31-33-35-37-39-44(47)49-42-43(41-46)50-45(48)40-38-36-34-32-30-28-26-23-20-18-16-14-12-10-8-6-4-2/h12,14,17-20,43,46H,3-11,13,15-16,21-42H2,1-2H3/b14-12+,19-17+,20-18+/t43-/m0/s1. The van der Waals surface area contributed by atoms with Crippen molar-refractivity contribution in [3.63, 3.8) is 0 Å². The zero-order valence-corrected chi connectivity index (χ0v) is 33.2. The summed E-state index contributed by atoms with van der Waals surface area (Å²) in [6.07, 6.45) is 50.6. The molecule has 0 aliphatic rings. The van der Waals surface area contributed by atoms with Crippen molar-refractivity contribution < 1.29 is 24.2 Å². The Morgan fingerprint density at radius 1 is 0.460 bits per heavy atom. The highest BCUT2D eigenvalue weighted by Gasteiger charge is 2.16. The summed E-state index contributed by atoms with van der Waals surface area (Å²) >= 11 is 0. The fraction of sp³-hybridized carbons (Fsp3) is 0.822. The minimum Gasteiger partial charge on any atom is -0.462 e. The van der Waals surface area contributed by atoms with Crippen molar-refractivity contribution in [2.24, 2.45) is 0 Å². The van der Waals surface area contributed by atoms with Crippen molar-refractivity contribution in [2.45, 2.75) is 225 Å². The normalized spacial score (nSPS) is 12.5. The molecule has 0 saturated carbocycles. The van der Waals surface area contributed by atoms with Crippen LogP contribution in [0.25, 0.3) is 0 Å². The molecule has 0 aromatic heterocycles. The number of unbranched alkanes of at least 4 members (excludes halogenated alkanes) is 25. The van der Waals surface area contributed by atoms with Gasteiger partial charge < -0.3 is 14.6 Å². The molecule has 0 aliphatic heterocycles. The molecule has 5 nitrogen and oxygen atoms in total. The van der Waals surface area contributed by atoms with E-state index in [9.17, 15) is 14.7 Å². The second-order valence-corrected chi connectivity index (χ2v) is 14.4. The Morgan fingerprint density at radius 3 is 1.24 bits per heavy atom. The molecular weight excluding hydrogens is 620 g/mol. The number of aliphatic hydroxyl groups is 1. The molecule has 0 aromatic rings. The largest absolute Gasteiger partial charge is 0.462 e. The summed E-state index contributed by atoms with van der Waals surface area (Å²) in [7, 11) is 0.